The zero-order chi connectivity index (χ0) is 13.1. The van der Waals surface area contributed by atoms with E-state index in [9.17, 15) is 0 Å². The third-order valence-corrected chi connectivity index (χ3v) is 2.84. The number of benzene rings is 1. The molecule has 0 amide bonds. The molecular weight excluding hydrogens is 230 g/mol. The van der Waals surface area contributed by atoms with Crippen LogP contribution in [0, 0.1) is 6.92 Å². The van der Waals surface area contributed by atoms with Crippen molar-refractivity contribution in [2.24, 2.45) is 5.73 Å². The highest BCUT2D eigenvalue weighted by molar-refractivity contribution is 5.67. The number of aryl methyl sites for hydroxylation is 1. The van der Waals surface area contributed by atoms with Gasteiger partial charge < -0.3 is 20.2 Å². The molecule has 2 aromatic rings. The fraction of sp³-hybridized carbons (Fsp3) is 0.308. The number of aromatic amines is 1. The van der Waals surface area contributed by atoms with Gasteiger partial charge in [0.2, 0.25) is 0 Å². The smallest absolute Gasteiger partial charge is 0.141 e. The molecule has 3 N–H and O–H groups in total. The highest BCUT2D eigenvalue weighted by Crippen LogP contribution is 2.32. The molecule has 0 saturated carbocycles. The monoisotopic (exact) mass is 247 g/mol. The Balaban J connectivity index is 2.53. The van der Waals surface area contributed by atoms with Crippen molar-refractivity contribution in [3.05, 3.63) is 29.6 Å². The lowest BCUT2D eigenvalue weighted by Gasteiger charge is -2.08. The van der Waals surface area contributed by atoms with Crippen LogP contribution >= 0.6 is 0 Å². The van der Waals surface area contributed by atoms with Gasteiger partial charge in [0.15, 0.2) is 0 Å². The molecule has 0 saturated heterocycles. The Morgan fingerprint density at radius 2 is 2.06 bits per heavy atom. The van der Waals surface area contributed by atoms with Crippen molar-refractivity contribution in [2.75, 3.05) is 14.2 Å². The summed E-state index contributed by atoms with van der Waals surface area (Å²) in [5, 5.41) is 0. The van der Waals surface area contributed by atoms with Crippen LogP contribution in [0.4, 0.5) is 0 Å². The SMILES string of the molecule is COc1ccc(OC)c(-c2nc(CN)c(C)[nH]2)c1. The van der Waals surface area contributed by atoms with Crippen LogP contribution in [0.1, 0.15) is 11.4 Å². The molecule has 1 aromatic carbocycles. The first-order valence-electron chi connectivity index (χ1n) is 5.67. The number of hydrogen-bond donors (Lipinski definition) is 2. The molecule has 96 valence electrons. The van der Waals surface area contributed by atoms with Crippen molar-refractivity contribution in [3.63, 3.8) is 0 Å². The normalized spacial score (nSPS) is 10.4. The van der Waals surface area contributed by atoms with Gasteiger partial charge in [-0.05, 0) is 25.1 Å². The molecule has 5 heteroatoms. The second kappa shape index (κ2) is 5.10. The van der Waals surface area contributed by atoms with E-state index in [1.807, 2.05) is 25.1 Å². The molecule has 0 aliphatic carbocycles. The lowest BCUT2D eigenvalue weighted by molar-refractivity contribution is 0.404. The molecule has 18 heavy (non-hydrogen) atoms. The summed E-state index contributed by atoms with van der Waals surface area (Å²) in [6.45, 7) is 2.36. The van der Waals surface area contributed by atoms with Crippen LogP contribution in [0.15, 0.2) is 18.2 Å². The Morgan fingerprint density at radius 3 is 2.61 bits per heavy atom. The molecule has 2 rings (SSSR count). The highest BCUT2D eigenvalue weighted by atomic mass is 16.5. The van der Waals surface area contributed by atoms with Crippen LogP contribution in [0.2, 0.25) is 0 Å². The number of nitrogens with two attached hydrogens (primary N) is 1. The quantitative estimate of drug-likeness (QED) is 0.865. The van der Waals surface area contributed by atoms with Gasteiger partial charge in [-0.15, -0.1) is 0 Å². The van der Waals surface area contributed by atoms with Gasteiger partial charge in [0.25, 0.3) is 0 Å². The van der Waals surface area contributed by atoms with Crippen molar-refractivity contribution in [1.82, 2.24) is 9.97 Å². The number of rotatable bonds is 4. The van der Waals surface area contributed by atoms with E-state index in [-0.39, 0.29) is 0 Å². The molecule has 0 bridgehead atoms. The van der Waals surface area contributed by atoms with Crippen molar-refractivity contribution < 1.29 is 9.47 Å². The van der Waals surface area contributed by atoms with Gasteiger partial charge in [-0.2, -0.15) is 0 Å². The van der Waals surface area contributed by atoms with E-state index in [1.165, 1.54) is 0 Å². The van der Waals surface area contributed by atoms with E-state index < -0.39 is 0 Å². The van der Waals surface area contributed by atoms with E-state index in [4.69, 9.17) is 15.2 Å². The summed E-state index contributed by atoms with van der Waals surface area (Å²) in [6.07, 6.45) is 0. The van der Waals surface area contributed by atoms with Crippen molar-refractivity contribution in [2.45, 2.75) is 13.5 Å². The maximum absolute atomic E-state index is 5.63. The lowest BCUT2D eigenvalue weighted by Crippen LogP contribution is -1.98. The number of methoxy groups -OCH3 is 2. The van der Waals surface area contributed by atoms with Gasteiger partial charge in [0.05, 0.1) is 25.5 Å². The molecule has 1 aromatic heterocycles. The predicted molar refractivity (Wildman–Crippen MR) is 69.8 cm³/mol. The third kappa shape index (κ3) is 2.17. The van der Waals surface area contributed by atoms with Crippen LogP contribution in [-0.4, -0.2) is 24.2 Å². The van der Waals surface area contributed by atoms with Crippen molar-refractivity contribution in [3.8, 4) is 22.9 Å². The number of imidazole rings is 1. The first kappa shape index (κ1) is 12.4. The first-order chi connectivity index (χ1) is 8.69. The summed E-state index contributed by atoms with van der Waals surface area (Å²) in [5.41, 5.74) is 8.32. The van der Waals surface area contributed by atoms with Crippen molar-refractivity contribution in [1.29, 1.82) is 0 Å². The number of hydrogen-bond acceptors (Lipinski definition) is 4. The largest absolute Gasteiger partial charge is 0.497 e. The average molecular weight is 247 g/mol. The Kier molecular flexibility index (Phi) is 3.53. The average Bonchev–Trinajstić information content (AvgIpc) is 2.79. The van der Waals surface area contributed by atoms with E-state index >= 15 is 0 Å². The van der Waals surface area contributed by atoms with Gasteiger partial charge in [-0.25, -0.2) is 4.98 Å². The molecular formula is C13H17N3O2. The second-order valence-corrected chi connectivity index (χ2v) is 3.93. The molecule has 0 unspecified atom stereocenters. The van der Waals surface area contributed by atoms with E-state index in [0.717, 1.165) is 34.3 Å². The molecule has 5 nitrogen and oxygen atoms in total. The van der Waals surface area contributed by atoms with Gasteiger partial charge >= 0.3 is 0 Å². The number of nitrogens with zero attached hydrogens (tertiary/aromatic N) is 1. The zero-order valence-electron chi connectivity index (χ0n) is 10.8. The van der Waals surface area contributed by atoms with E-state index in [1.54, 1.807) is 14.2 Å². The van der Waals surface area contributed by atoms with Crippen LogP contribution in [0.3, 0.4) is 0 Å². The topological polar surface area (TPSA) is 73.2 Å². The van der Waals surface area contributed by atoms with Crippen molar-refractivity contribution >= 4 is 0 Å². The minimum atomic E-state index is 0.411. The van der Waals surface area contributed by atoms with Gasteiger partial charge in [0, 0.05) is 12.2 Å². The maximum Gasteiger partial charge on any atom is 0.141 e. The first-order valence-corrected chi connectivity index (χ1v) is 5.67. The standard InChI is InChI=1S/C13H17N3O2/c1-8-11(7-14)16-13(15-8)10-6-9(17-2)4-5-12(10)18-3/h4-6H,7,14H2,1-3H3,(H,15,16). The molecule has 0 aliphatic rings. The Labute approximate surface area is 106 Å². The summed E-state index contributed by atoms with van der Waals surface area (Å²) >= 11 is 0. The zero-order valence-corrected chi connectivity index (χ0v) is 10.8. The molecule has 0 aliphatic heterocycles. The molecule has 1 heterocycles. The van der Waals surface area contributed by atoms with Gasteiger partial charge in [-0.1, -0.05) is 0 Å². The minimum absolute atomic E-state index is 0.411. The Hall–Kier alpha value is -2.01. The van der Waals surface area contributed by atoms with Gasteiger partial charge in [-0.3, -0.25) is 0 Å². The number of H-pyrrole nitrogens is 1. The third-order valence-electron chi connectivity index (χ3n) is 2.84. The molecule has 0 radical (unpaired) electrons. The number of ether oxygens (including phenoxy) is 2. The lowest BCUT2D eigenvalue weighted by atomic mass is 10.2. The Bertz CT molecular complexity index is 549. The predicted octanol–water partition coefficient (Wildman–Crippen LogP) is 1.86. The summed E-state index contributed by atoms with van der Waals surface area (Å²) in [6, 6.07) is 5.59. The minimum Gasteiger partial charge on any atom is -0.497 e. The summed E-state index contributed by atoms with van der Waals surface area (Å²) in [7, 11) is 3.26. The summed E-state index contributed by atoms with van der Waals surface area (Å²) in [4.78, 5) is 7.68. The molecule has 0 atom stereocenters. The van der Waals surface area contributed by atoms with Crippen LogP contribution in [0.5, 0.6) is 11.5 Å². The van der Waals surface area contributed by atoms with E-state index in [0.29, 0.717) is 6.54 Å². The number of nitrogens with one attached hydrogen (secondary N) is 1. The maximum atomic E-state index is 5.63. The number of aromatic nitrogens is 2. The van der Waals surface area contributed by atoms with Crippen LogP contribution in [0.25, 0.3) is 11.4 Å². The van der Waals surface area contributed by atoms with Crippen LogP contribution in [-0.2, 0) is 6.54 Å². The fourth-order valence-electron chi connectivity index (χ4n) is 1.82. The highest BCUT2D eigenvalue weighted by Gasteiger charge is 2.13. The summed E-state index contributed by atoms with van der Waals surface area (Å²) < 4.78 is 10.6. The molecule has 0 fully saturated rings. The summed E-state index contributed by atoms with van der Waals surface area (Å²) in [5.74, 6) is 2.24. The molecule has 0 spiro atoms. The second-order valence-electron chi connectivity index (χ2n) is 3.93. The van der Waals surface area contributed by atoms with Gasteiger partial charge in [0.1, 0.15) is 17.3 Å². The van der Waals surface area contributed by atoms with Crippen LogP contribution < -0.4 is 15.2 Å². The Morgan fingerprint density at radius 1 is 1.28 bits per heavy atom. The fourth-order valence-corrected chi connectivity index (χ4v) is 1.82. The van der Waals surface area contributed by atoms with E-state index in [2.05, 4.69) is 9.97 Å².